The largest absolute Gasteiger partial charge is 0.416 e. The van der Waals surface area contributed by atoms with E-state index in [9.17, 15) is 23.1 Å². The van der Waals surface area contributed by atoms with Crippen molar-refractivity contribution in [3.05, 3.63) is 35.4 Å². The lowest BCUT2D eigenvalue weighted by Gasteiger charge is -2.36. The molecule has 0 radical (unpaired) electrons. The van der Waals surface area contributed by atoms with E-state index in [0.717, 1.165) is 12.1 Å². The molecule has 0 saturated carbocycles. The third-order valence-corrected chi connectivity index (χ3v) is 3.40. The highest BCUT2D eigenvalue weighted by Crippen LogP contribution is 2.30. The lowest BCUT2D eigenvalue weighted by atomic mass is 9.94. The maximum absolute atomic E-state index is 12.6. The summed E-state index contributed by atoms with van der Waals surface area (Å²) in [5, 5.41) is 9.95. The fourth-order valence-electron chi connectivity index (χ4n) is 2.40. The number of likely N-dealkylation sites (tertiary alicyclic amines) is 1. The molecule has 0 bridgehead atoms. The van der Waals surface area contributed by atoms with Gasteiger partial charge in [0.1, 0.15) is 0 Å². The second kappa shape index (κ2) is 5.09. The summed E-state index contributed by atoms with van der Waals surface area (Å²) < 4.78 is 37.9. The molecule has 1 amide bonds. The Morgan fingerprint density at radius 2 is 2.10 bits per heavy atom. The first-order valence-electron chi connectivity index (χ1n) is 6.38. The summed E-state index contributed by atoms with van der Waals surface area (Å²) in [4.78, 5) is 13.6. The van der Waals surface area contributed by atoms with Crippen molar-refractivity contribution < 1.29 is 23.1 Å². The van der Waals surface area contributed by atoms with Crippen LogP contribution in [0.4, 0.5) is 13.2 Å². The molecule has 1 atom stereocenters. The fourth-order valence-corrected chi connectivity index (χ4v) is 2.40. The van der Waals surface area contributed by atoms with Gasteiger partial charge in [0.25, 0.3) is 5.91 Å². The molecule has 1 heterocycles. The number of alkyl halides is 3. The Hall–Kier alpha value is -1.56. The van der Waals surface area contributed by atoms with E-state index in [1.54, 1.807) is 6.92 Å². The average molecular weight is 287 g/mol. The Balaban J connectivity index is 2.21. The Morgan fingerprint density at radius 1 is 1.40 bits per heavy atom. The fraction of sp³-hybridized carbons (Fsp3) is 0.500. The molecule has 1 aromatic rings. The van der Waals surface area contributed by atoms with Crippen LogP contribution in [0, 0.1) is 0 Å². The smallest absolute Gasteiger partial charge is 0.388 e. The number of carbonyl (C=O) groups is 1. The quantitative estimate of drug-likeness (QED) is 0.862. The van der Waals surface area contributed by atoms with Crippen molar-refractivity contribution in [1.29, 1.82) is 0 Å². The van der Waals surface area contributed by atoms with Crippen molar-refractivity contribution in [2.45, 2.75) is 31.5 Å². The van der Waals surface area contributed by atoms with Crippen LogP contribution in [0.25, 0.3) is 0 Å². The van der Waals surface area contributed by atoms with E-state index in [1.807, 2.05) is 0 Å². The highest BCUT2D eigenvalue weighted by atomic mass is 19.4. The van der Waals surface area contributed by atoms with E-state index in [1.165, 1.54) is 17.0 Å². The number of hydrogen-bond donors (Lipinski definition) is 1. The van der Waals surface area contributed by atoms with Gasteiger partial charge in [0.15, 0.2) is 0 Å². The van der Waals surface area contributed by atoms with Crippen molar-refractivity contribution in [1.82, 2.24) is 4.90 Å². The number of aliphatic hydroxyl groups is 1. The summed E-state index contributed by atoms with van der Waals surface area (Å²) in [5.41, 5.74) is -1.82. The Bertz CT molecular complexity index is 511. The molecule has 1 N–H and O–H groups in total. The van der Waals surface area contributed by atoms with E-state index in [2.05, 4.69) is 0 Å². The minimum atomic E-state index is -4.47. The van der Waals surface area contributed by atoms with E-state index < -0.39 is 23.2 Å². The van der Waals surface area contributed by atoms with Gasteiger partial charge in [0.2, 0.25) is 0 Å². The number of rotatable bonds is 1. The molecule has 3 nitrogen and oxygen atoms in total. The van der Waals surface area contributed by atoms with Gasteiger partial charge in [0.05, 0.1) is 11.2 Å². The van der Waals surface area contributed by atoms with E-state index in [-0.39, 0.29) is 12.1 Å². The Kier molecular flexibility index (Phi) is 3.77. The van der Waals surface area contributed by atoms with Crippen LogP contribution in [0.3, 0.4) is 0 Å². The molecule has 1 aromatic carbocycles. The number of amides is 1. The number of β-amino-alcohol motifs (C(OH)–C–C–N with tert-alkyl or cyclic N) is 1. The predicted molar refractivity (Wildman–Crippen MR) is 67.2 cm³/mol. The maximum Gasteiger partial charge on any atom is 0.416 e. The third-order valence-electron chi connectivity index (χ3n) is 3.40. The van der Waals surface area contributed by atoms with Crippen molar-refractivity contribution in [2.75, 3.05) is 13.1 Å². The molecule has 6 heteroatoms. The summed E-state index contributed by atoms with van der Waals surface area (Å²) in [5.74, 6) is -0.476. The Labute approximate surface area is 115 Å². The van der Waals surface area contributed by atoms with E-state index in [0.29, 0.717) is 19.4 Å². The van der Waals surface area contributed by atoms with Gasteiger partial charge in [0, 0.05) is 18.7 Å². The average Bonchev–Trinajstić information content (AvgIpc) is 2.36. The first-order valence-corrected chi connectivity index (χ1v) is 6.38. The predicted octanol–water partition coefficient (Wildman–Crippen LogP) is 2.69. The van der Waals surface area contributed by atoms with Crippen LogP contribution in [0.15, 0.2) is 24.3 Å². The normalized spacial score (nSPS) is 23.8. The molecular formula is C14H16F3NO2. The van der Waals surface area contributed by atoms with Crippen molar-refractivity contribution >= 4 is 5.91 Å². The van der Waals surface area contributed by atoms with E-state index >= 15 is 0 Å². The van der Waals surface area contributed by atoms with Crippen LogP contribution in [0.5, 0.6) is 0 Å². The number of hydrogen-bond acceptors (Lipinski definition) is 2. The summed E-state index contributed by atoms with van der Waals surface area (Å²) in [6.07, 6.45) is -3.25. The van der Waals surface area contributed by atoms with Crippen LogP contribution in [0.1, 0.15) is 35.7 Å². The van der Waals surface area contributed by atoms with Gasteiger partial charge in [-0.25, -0.2) is 0 Å². The molecule has 110 valence electrons. The second-order valence-corrected chi connectivity index (χ2v) is 5.41. The summed E-state index contributed by atoms with van der Waals surface area (Å²) >= 11 is 0. The number of halogens is 3. The van der Waals surface area contributed by atoms with Gasteiger partial charge in [-0.1, -0.05) is 6.07 Å². The molecule has 1 saturated heterocycles. The van der Waals surface area contributed by atoms with Crippen molar-refractivity contribution in [3.63, 3.8) is 0 Å². The summed E-state index contributed by atoms with van der Waals surface area (Å²) in [6.45, 7) is 2.21. The second-order valence-electron chi connectivity index (χ2n) is 5.41. The number of piperidine rings is 1. The molecular weight excluding hydrogens is 271 g/mol. The zero-order valence-corrected chi connectivity index (χ0v) is 11.1. The topological polar surface area (TPSA) is 40.5 Å². The lowest BCUT2D eigenvalue weighted by Crippen LogP contribution is -2.48. The molecule has 1 fully saturated rings. The van der Waals surface area contributed by atoms with Gasteiger partial charge < -0.3 is 10.0 Å². The van der Waals surface area contributed by atoms with Crippen LogP contribution in [0.2, 0.25) is 0 Å². The molecule has 1 aliphatic rings. The van der Waals surface area contributed by atoms with Crippen LogP contribution in [-0.2, 0) is 6.18 Å². The third kappa shape index (κ3) is 3.30. The zero-order chi connectivity index (χ0) is 15.0. The molecule has 1 unspecified atom stereocenters. The highest BCUT2D eigenvalue weighted by Gasteiger charge is 2.33. The summed E-state index contributed by atoms with van der Waals surface area (Å²) in [6, 6.07) is 4.37. The van der Waals surface area contributed by atoms with Crippen LogP contribution in [-0.4, -0.2) is 34.6 Å². The number of carbonyl (C=O) groups excluding carboxylic acids is 1. The van der Waals surface area contributed by atoms with Gasteiger partial charge >= 0.3 is 6.18 Å². The molecule has 2 rings (SSSR count). The van der Waals surface area contributed by atoms with E-state index in [4.69, 9.17) is 0 Å². The van der Waals surface area contributed by atoms with Gasteiger partial charge in [-0.05, 0) is 38.0 Å². The number of benzene rings is 1. The lowest BCUT2D eigenvalue weighted by molar-refractivity contribution is -0.137. The van der Waals surface area contributed by atoms with Crippen molar-refractivity contribution in [3.8, 4) is 0 Å². The van der Waals surface area contributed by atoms with Crippen LogP contribution < -0.4 is 0 Å². The monoisotopic (exact) mass is 287 g/mol. The van der Waals surface area contributed by atoms with Crippen molar-refractivity contribution in [2.24, 2.45) is 0 Å². The first-order chi connectivity index (χ1) is 9.19. The zero-order valence-electron chi connectivity index (χ0n) is 11.1. The maximum atomic E-state index is 12.6. The number of nitrogens with zero attached hydrogens (tertiary/aromatic N) is 1. The first kappa shape index (κ1) is 14.8. The van der Waals surface area contributed by atoms with Gasteiger partial charge in [-0.15, -0.1) is 0 Å². The molecule has 0 aliphatic carbocycles. The molecule has 1 aliphatic heterocycles. The SMILES string of the molecule is CC1(O)CCCN(C(=O)c2cccc(C(F)(F)F)c2)C1. The standard InChI is InChI=1S/C14H16F3NO2/c1-13(20)6-3-7-18(9-13)12(19)10-4-2-5-11(8-10)14(15,16)17/h2,4-5,8,20H,3,6-7,9H2,1H3. The summed E-state index contributed by atoms with van der Waals surface area (Å²) in [7, 11) is 0. The Morgan fingerprint density at radius 3 is 2.70 bits per heavy atom. The minimum absolute atomic E-state index is 0.00229. The highest BCUT2D eigenvalue weighted by molar-refractivity contribution is 5.94. The van der Waals surface area contributed by atoms with Gasteiger partial charge in [-0.2, -0.15) is 13.2 Å². The molecule has 0 aromatic heterocycles. The molecule has 20 heavy (non-hydrogen) atoms. The molecule has 0 spiro atoms. The minimum Gasteiger partial charge on any atom is -0.388 e. The van der Waals surface area contributed by atoms with Gasteiger partial charge in [-0.3, -0.25) is 4.79 Å². The van der Waals surface area contributed by atoms with Crippen LogP contribution >= 0.6 is 0 Å².